The van der Waals surface area contributed by atoms with Gasteiger partial charge in [0.25, 0.3) is 0 Å². The summed E-state index contributed by atoms with van der Waals surface area (Å²) in [5.41, 5.74) is 5.51. The molecule has 0 heterocycles. The predicted octanol–water partition coefficient (Wildman–Crippen LogP) is 1.75. The summed E-state index contributed by atoms with van der Waals surface area (Å²) in [6.45, 7) is 3.26. The van der Waals surface area contributed by atoms with Crippen molar-refractivity contribution in [1.29, 1.82) is 0 Å². The fourth-order valence-corrected chi connectivity index (χ4v) is 2.82. The van der Waals surface area contributed by atoms with E-state index in [-0.39, 0.29) is 16.8 Å². The van der Waals surface area contributed by atoms with E-state index in [1.54, 1.807) is 13.8 Å². The van der Waals surface area contributed by atoms with Gasteiger partial charge in [0.05, 0.1) is 5.02 Å². The van der Waals surface area contributed by atoms with Crippen LogP contribution < -0.4 is 10.5 Å². The van der Waals surface area contributed by atoms with Crippen molar-refractivity contribution >= 4 is 27.3 Å². The van der Waals surface area contributed by atoms with Crippen LogP contribution in [0.25, 0.3) is 0 Å². The Labute approximate surface area is 98.6 Å². The van der Waals surface area contributed by atoms with Gasteiger partial charge in [-0.25, -0.2) is 17.5 Å². The second-order valence-electron chi connectivity index (χ2n) is 3.59. The first-order valence-electron chi connectivity index (χ1n) is 4.51. The van der Waals surface area contributed by atoms with E-state index in [1.165, 1.54) is 0 Å². The van der Waals surface area contributed by atoms with E-state index in [1.807, 2.05) is 0 Å². The van der Waals surface area contributed by atoms with Gasteiger partial charge in [-0.15, -0.1) is 0 Å². The Morgan fingerprint density at radius 3 is 2.50 bits per heavy atom. The maximum absolute atomic E-state index is 13.5. The van der Waals surface area contributed by atoms with Crippen molar-refractivity contribution < 1.29 is 12.8 Å². The second-order valence-corrected chi connectivity index (χ2v) is 5.68. The van der Waals surface area contributed by atoms with E-state index >= 15 is 0 Å². The lowest BCUT2D eigenvalue weighted by Crippen LogP contribution is -2.31. The largest absolute Gasteiger partial charge is 0.399 e. The van der Waals surface area contributed by atoms with Crippen molar-refractivity contribution in [3.8, 4) is 0 Å². The zero-order valence-electron chi connectivity index (χ0n) is 8.79. The fourth-order valence-electron chi connectivity index (χ4n) is 1.15. The molecule has 0 saturated carbocycles. The zero-order valence-corrected chi connectivity index (χ0v) is 10.4. The van der Waals surface area contributed by atoms with Gasteiger partial charge in [-0.05, 0) is 26.0 Å². The third-order valence-electron chi connectivity index (χ3n) is 1.70. The van der Waals surface area contributed by atoms with Crippen LogP contribution in [-0.4, -0.2) is 14.5 Å². The third kappa shape index (κ3) is 2.84. The summed E-state index contributed by atoms with van der Waals surface area (Å²) in [5, 5.41) is -0.316. The lowest BCUT2D eigenvalue weighted by atomic mass is 10.3. The van der Waals surface area contributed by atoms with Gasteiger partial charge in [-0.1, -0.05) is 11.6 Å². The highest BCUT2D eigenvalue weighted by molar-refractivity contribution is 7.89. The zero-order chi connectivity index (χ0) is 12.5. The second kappa shape index (κ2) is 4.57. The van der Waals surface area contributed by atoms with Crippen molar-refractivity contribution in [1.82, 2.24) is 4.72 Å². The summed E-state index contributed by atoms with van der Waals surface area (Å²) in [5.74, 6) is -0.996. The van der Waals surface area contributed by atoms with Crippen LogP contribution in [-0.2, 0) is 10.0 Å². The Bertz CT molecular complexity index is 502. The molecule has 1 rings (SSSR count). The van der Waals surface area contributed by atoms with Crippen LogP contribution in [0.1, 0.15) is 13.8 Å². The van der Waals surface area contributed by atoms with Crippen LogP contribution >= 0.6 is 11.6 Å². The molecule has 0 aliphatic rings. The summed E-state index contributed by atoms with van der Waals surface area (Å²) in [7, 11) is -3.92. The molecule has 0 aliphatic heterocycles. The van der Waals surface area contributed by atoms with E-state index in [4.69, 9.17) is 17.3 Å². The van der Waals surface area contributed by atoms with Crippen molar-refractivity contribution in [3.63, 3.8) is 0 Å². The van der Waals surface area contributed by atoms with Gasteiger partial charge >= 0.3 is 0 Å². The monoisotopic (exact) mass is 266 g/mol. The number of benzene rings is 1. The number of sulfonamides is 1. The van der Waals surface area contributed by atoms with E-state index in [0.717, 1.165) is 12.1 Å². The minimum absolute atomic E-state index is 0.0931. The van der Waals surface area contributed by atoms with Crippen LogP contribution in [0, 0.1) is 5.82 Å². The van der Waals surface area contributed by atoms with E-state index in [9.17, 15) is 12.8 Å². The Balaban J connectivity index is 3.33. The smallest absolute Gasteiger partial charge is 0.243 e. The molecule has 4 nitrogen and oxygen atoms in total. The van der Waals surface area contributed by atoms with Gasteiger partial charge in [0.15, 0.2) is 5.82 Å². The maximum atomic E-state index is 13.5. The van der Waals surface area contributed by atoms with Gasteiger partial charge in [0.1, 0.15) is 4.90 Å². The molecule has 16 heavy (non-hydrogen) atoms. The first-order valence-corrected chi connectivity index (χ1v) is 6.37. The molecular formula is C9H12ClFN2O2S. The minimum atomic E-state index is -3.92. The third-order valence-corrected chi connectivity index (χ3v) is 3.63. The molecule has 1 aromatic carbocycles. The van der Waals surface area contributed by atoms with Gasteiger partial charge in [0.2, 0.25) is 10.0 Å². The Kier molecular flexibility index (Phi) is 3.77. The average molecular weight is 267 g/mol. The number of nitrogen functional groups attached to an aromatic ring is 1. The normalized spacial score (nSPS) is 12.1. The highest BCUT2D eigenvalue weighted by Gasteiger charge is 2.22. The summed E-state index contributed by atoms with van der Waals surface area (Å²) in [6, 6.07) is 1.85. The first kappa shape index (κ1) is 13.2. The van der Waals surface area contributed by atoms with Crippen LogP contribution in [0.5, 0.6) is 0 Å². The number of nitrogens with one attached hydrogen (secondary N) is 1. The standard InChI is InChI=1S/C9H12ClFN2O2S/c1-5(2)13-16(14,15)8-4-6(12)3-7(10)9(8)11/h3-5,13H,12H2,1-2H3. The van der Waals surface area contributed by atoms with Gasteiger partial charge in [-0.2, -0.15) is 0 Å². The molecular weight excluding hydrogens is 255 g/mol. The molecule has 0 fully saturated rings. The van der Waals surface area contributed by atoms with Gasteiger partial charge in [-0.3, -0.25) is 0 Å². The highest BCUT2D eigenvalue weighted by Crippen LogP contribution is 2.25. The number of anilines is 1. The maximum Gasteiger partial charge on any atom is 0.243 e. The van der Waals surface area contributed by atoms with Crippen LogP contribution in [0.15, 0.2) is 17.0 Å². The molecule has 0 aromatic heterocycles. The van der Waals surface area contributed by atoms with Gasteiger partial charge in [0, 0.05) is 11.7 Å². The molecule has 1 aromatic rings. The average Bonchev–Trinajstić information content (AvgIpc) is 2.08. The van der Waals surface area contributed by atoms with Crippen molar-refractivity contribution in [2.75, 3.05) is 5.73 Å². The molecule has 0 spiro atoms. The Hall–Kier alpha value is -0.850. The molecule has 0 unspecified atom stereocenters. The molecule has 7 heteroatoms. The number of halogens is 2. The number of rotatable bonds is 3. The minimum Gasteiger partial charge on any atom is -0.399 e. The van der Waals surface area contributed by atoms with Crippen LogP contribution in [0.3, 0.4) is 0 Å². The molecule has 90 valence electrons. The van der Waals surface area contributed by atoms with Crippen molar-refractivity contribution in [3.05, 3.63) is 23.0 Å². The first-order chi connectivity index (χ1) is 7.24. The molecule has 0 bridgehead atoms. The number of nitrogens with two attached hydrogens (primary N) is 1. The number of hydrogen-bond donors (Lipinski definition) is 2. The van der Waals surface area contributed by atoms with Gasteiger partial charge < -0.3 is 5.73 Å². The summed E-state index contributed by atoms with van der Waals surface area (Å²) < 4.78 is 39.2. The predicted molar refractivity (Wildman–Crippen MR) is 61.3 cm³/mol. The van der Waals surface area contributed by atoms with Crippen LogP contribution in [0.2, 0.25) is 5.02 Å². The Morgan fingerprint density at radius 1 is 1.44 bits per heavy atom. The summed E-state index contributed by atoms with van der Waals surface area (Å²) in [4.78, 5) is -0.536. The van der Waals surface area contributed by atoms with Crippen molar-refractivity contribution in [2.24, 2.45) is 0 Å². The lowest BCUT2D eigenvalue weighted by Gasteiger charge is -2.11. The summed E-state index contributed by atoms with van der Waals surface area (Å²) >= 11 is 5.51. The molecule has 0 atom stereocenters. The molecule has 0 amide bonds. The molecule has 3 N–H and O–H groups in total. The highest BCUT2D eigenvalue weighted by atomic mass is 35.5. The number of hydrogen-bond acceptors (Lipinski definition) is 3. The quantitative estimate of drug-likeness (QED) is 0.819. The van der Waals surface area contributed by atoms with Crippen LogP contribution in [0.4, 0.5) is 10.1 Å². The Morgan fingerprint density at radius 2 is 2.00 bits per heavy atom. The lowest BCUT2D eigenvalue weighted by molar-refractivity contribution is 0.549. The summed E-state index contributed by atoms with van der Waals surface area (Å²) in [6.07, 6.45) is 0. The van der Waals surface area contributed by atoms with E-state index < -0.39 is 20.7 Å². The van der Waals surface area contributed by atoms with E-state index in [0.29, 0.717) is 0 Å². The molecule has 0 radical (unpaired) electrons. The molecule has 0 saturated heterocycles. The fraction of sp³-hybridized carbons (Fsp3) is 0.333. The van der Waals surface area contributed by atoms with Crippen molar-refractivity contribution in [2.45, 2.75) is 24.8 Å². The van der Waals surface area contributed by atoms with E-state index in [2.05, 4.69) is 4.72 Å². The topological polar surface area (TPSA) is 72.2 Å². The molecule has 0 aliphatic carbocycles. The SMILES string of the molecule is CC(C)NS(=O)(=O)c1cc(N)cc(Cl)c1F.